The number of carbonyl (C=O) groups is 1. The lowest BCUT2D eigenvalue weighted by Crippen LogP contribution is -2.18. The van der Waals surface area contributed by atoms with Crippen LogP contribution in [0.25, 0.3) is 16.6 Å². The first kappa shape index (κ1) is 15.9. The van der Waals surface area contributed by atoms with E-state index in [0.717, 1.165) is 12.0 Å². The van der Waals surface area contributed by atoms with E-state index < -0.39 is 17.3 Å². The van der Waals surface area contributed by atoms with Gasteiger partial charge < -0.3 is 10.3 Å². The third-order valence-electron chi connectivity index (χ3n) is 4.13. The van der Waals surface area contributed by atoms with Gasteiger partial charge >= 0.3 is 0 Å². The SMILES string of the molecule is CCc1cccc(NC(=O)c2nnn3c2c(=O)[nH]c2cc(F)ccc23)c1. The molecule has 0 saturated heterocycles. The second-order valence-electron chi connectivity index (χ2n) is 5.82. The van der Waals surface area contributed by atoms with Gasteiger partial charge in [-0.3, -0.25) is 9.59 Å². The topological polar surface area (TPSA) is 92.2 Å². The lowest BCUT2D eigenvalue weighted by Gasteiger charge is -2.05. The summed E-state index contributed by atoms with van der Waals surface area (Å²) in [6.07, 6.45) is 0.834. The van der Waals surface area contributed by atoms with Crippen LogP contribution in [0.3, 0.4) is 0 Å². The van der Waals surface area contributed by atoms with Gasteiger partial charge in [-0.05, 0) is 42.3 Å². The summed E-state index contributed by atoms with van der Waals surface area (Å²) in [5, 5.41) is 10.5. The molecule has 4 aromatic rings. The van der Waals surface area contributed by atoms with E-state index in [4.69, 9.17) is 0 Å². The van der Waals surface area contributed by atoms with Crippen LogP contribution in [0.5, 0.6) is 0 Å². The molecule has 0 atom stereocenters. The molecule has 0 aliphatic rings. The van der Waals surface area contributed by atoms with Crippen LogP contribution >= 0.6 is 0 Å². The van der Waals surface area contributed by atoms with Crippen LogP contribution < -0.4 is 10.9 Å². The standard InChI is InChI=1S/C18H14FN5O2/c1-2-10-4-3-5-12(8-10)20-17(25)15-16-18(26)21-13-9-11(19)6-7-14(13)24(16)23-22-15/h3-9H,2H2,1H3,(H,20,25)(H,21,26). The minimum atomic E-state index is -0.569. The highest BCUT2D eigenvalue weighted by Gasteiger charge is 2.20. The zero-order valence-corrected chi connectivity index (χ0v) is 13.8. The number of hydrogen-bond acceptors (Lipinski definition) is 4. The van der Waals surface area contributed by atoms with Crippen LogP contribution in [0.2, 0.25) is 0 Å². The number of carbonyl (C=O) groups excluding carboxylic acids is 1. The van der Waals surface area contributed by atoms with E-state index in [1.54, 1.807) is 6.07 Å². The molecule has 0 fully saturated rings. The van der Waals surface area contributed by atoms with Gasteiger partial charge in [0, 0.05) is 5.69 Å². The molecule has 0 aliphatic carbocycles. The van der Waals surface area contributed by atoms with Crippen LogP contribution in [0.15, 0.2) is 47.3 Å². The molecular formula is C18H14FN5O2. The molecule has 0 aliphatic heterocycles. The van der Waals surface area contributed by atoms with Crippen molar-refractivity contribution in [1.82, 2.24) is 19.8 Å². The summed E-state index contributed by atoms with van der Waals surface area (Å²) in [5.74, 6) is -1.03. The largest absolute Gasteiger partial charge is 0.321 e. The van der Waals surface area contributed by atoms with E-state index in [2.05, 4.69) is 20.6 Å². The first-order valence-corrected chi connectivity index (χ1v) is 8.04. The van der Waals surface area contributed by atoms with Gasteiger partial charge in [-0.1, -0.05) is 24.3 Å². The molecule has 0 spiro atoms. The fraction of sp³-hybridized carbons (Fsp3) is 0.111. The molecule has 4 rings (SSSR count). The molecule has 0 radical (unpaired) electrons. The molecule has 2 aromatic heterocycles. The Labute approximate surface area is 146 Å². The summed E-state index contributed by atoms with van der Waals surface area (Å²) in [6, 6.07) is 11.3. The summed E-state index contributed by atoms with van der Waals surface area (Å²) >= 11 is 0. The van der Waals surface area contributed by atoms with Crippen molar-refractivity contribution in [3.8, 4) is 0 Å². The summed E-state index contributed by atoms with van der Waals surface area (Å²) in [7, 11) is 0. The van der Waals surface area contributed by atoms with E-state index in [9.17, 15) is 14.0 Å². The third-order valence-corrected chi connectivity index (χ3v) is 4.13. The van der Waals surface area contributed by atoms with Gasteiger partial charge in [0.25, 0.3) is 11.5 Å². The number of benzene rings is 2. The van der Waals surface area contributed by atoms with E-state index >= 15 is 0 Å². The highest BCUT2D eigenvalue weighted by Crippen LogP contribution is 2.16. The molecule has 2 N–H and O–H groups in total. The number of fused-ring (bicyclic) bond motifs is 3. The highest BCUT2D eigenvalue weighted by molar-refractivity contribution is 6.07. The van der Waals surface area contributed by atoms with Crippen LogP contribution in [0.1, 0.15) is 23.0 Å². The molecule has 2 heterocycles. The number of nitrogens with one attached hydrogen (secondary N) is 2. The maximum absolute atomic E-state index is 13.4. The van der Waals surface area contributed by atoms with Crippen molar-refractivity contribution < 1.29 is 9.18 Å². The van der Waals surface area contributed by atoms with Crippen molar-refractivity contribution in [2.75, 3.05) is 5.32 Å². The monoisotopic (exact) mass is 351 g/mol. The Morgan fingerprint density at radius 3 is 2.92 bits per heavy atom. The van der Waals surface area contributed by atoms with Crippen molar-refractivity contribution in [3.63, 3.8) is 0 Å². The third kappa shape index (κ3) is 2.61. The van der Waals surface area contributed by atoms with Crippen molar-refractivity contribution in [2.45, 2.75) is 13.3 Å². The number of rotatable bonds is 3. The Bertz CT molecular complexity index is 1210. The molecule has 0 bridgehead atoms. The normalized spacial score (nSPS) is 11.2. The van der Waals surface area contributed by atoms with Gasteiger partial charge in [-0.25, -0.2) is 8.91 Å². The molecule has 7 nitrogen and oxygen atoms in total. The number of nitrogens with zero attached hydrogens (tertiary/aromatic N) is 3. The van der Waals surface area contributed by atoms with Crippen LogP contribution in [-0.2, 0) is 6.42 Å². The number of halogens is 1. The summed E-state index contributed by atoms with van der Waals surface area (Å²) in [6.45, 7) is 2.02. The van der Waals surface area contributed by atoms with Crippen molar-refractivity contribution in [1.29, 1.82) is 0 Å². The number of aromatic amines is 1. The quantitative estimate of drug-likeness (QED) is 0.593. The summed E-state index contributed by atoms with van der Waals surface area (Å²) in [5.41, 5.74) is 1.74. The second-order valence-corrected chi connectivity index (χ2v) is 5.82. The first-order chi connectivity index (χ1) is 12.6. The Hall–Kier alpha value is -3.55. The van der Waals surface area contributed by atoms with Crippen LogP contribution in [-0.4, -0.2) is 25.7 Å². The van der Waals surface area contributed by atoms with Gasteiger partial charge in [-0.15, -0.1) is 5.10 Å². The number of amides is 1. The minimum Gasteiger partial charge on any atom is -0.321 e. The molecule has 130 valence electrons. The van der Waals surface area contributed by atoms with Crippen molar-refractivity contribution >= 4 is 28.1 Å². The maximum Gasteiger partial charge on any atom is 0.278 e. The summed E-state index contributed by atoms with van der Waals surface area (Å²) in [4.78, 5) is 27.5. The Morgan fingerprint density at radius 1 is 1.27 bits per heavy atom. The van der Waals surface area contributed by atoms with E-state index in [1.807, 2.05) is 25.1 Å². The smallest absolute Gasteiger partial charge is 0.278 e. The lowest BCUT2D eigenvalue weighted by molar-refractivity contribution is 0.102. The summed E-state index contributed by atoms with van der Waals surface area (Å²) < 4.78 is 14.6. The van der Waals surface area contributed by atoms with Gasteiger partial charge in [0.15, 0.2) is 11.2 Å². The fourth-order valence-electron chi connectivity index (χ4n) is 2.84. The van der Waals surface area contributed by atoms with Gasteiger partial charge in [0.2, 0.25) is 0 Å². The Kier molecular flexibility index (Phi) is 3.72. The predicted molar refractivity (Wildman–Crippen MR) is 94.8 cm³/mol. The van der Waals surface area contributed by atoms with Crippen LogP contribution in [0, 0.1) is 5.82 Å². The van der Waals surface area contributed by atoms with Gasteiger partial charge in [0.05, 0.1) is 11.0 Å². The Morgan fingerprint density at radius 2 is 2.12 bits per heavy atom. The second kappa shape index (κ2) is 6.07. The fourth-order valence-corrected chi connectivity index (χ4v) is 2.84. The molecule has 2 aromatic carbocycles. The van der Waals surface area contributed by atoms with Crippen molar-refractivity contribution in [2.24, 2.45) is 0 Å². The van der Waals surface area contributed by atoms with E-state index in [0.29, 0.717) is 11.2 Å². The minimum absolute atomic E-state index is 0.00764. The maximum atomic E-state index is 13.4. The number of H-pyrrole nitrogens is 1. The molecule has 0 saturated carbocycles. The van der Waals surface area contributed by atoms with Crippen molar-refractivity contribution in [3.05, 3.63) is 69.9 Å². The number of aromatic nitrogens is 4. The number of hydrogen-bond donors (Lipinski definition) is 2. The molecule has 1 amide bonds. The highest BCUT2D eigenvalue weighted by atomic mass is 19.1. The van der Waals surface area contributed by atoms with E-state index in [1.165, 1.54) is 22.7 Å². The molecule has 8 heteroatoms. The van der Waals surface area contributed by atoms with Crippen LogP contribution in [0.4, 0.5) is 10.1 Å². The predicted octanol–water partition coefficient (Wildman–Crippen LogP) is 2.52. The van der Waals surface area contributed by atoms with E-state index in [-0.39, 0.29) is 16.7 Å². The molecular weight excluding hydrogens is 337 g/mol. The first-order valence-electron chi connectivity index (χ1n) is 8.04. The number of aryl methyl sites for hydroxylation is 1. The molecule has 0 unspecified atom stereocenters. The van der Waals surface area contributed by atoms with Gasteiger partial charge in [-0.2, -0.15) is 0 Å². The molecule has 26 heavy (non-hydrogen) atoms. The average molecular weight is 351 g/mol. The lowest BCUT2D eigenvalue weighted by atomic mass is 10.1. The number of anilines is 1. The average Bonchev–Trinajstić information content (AvgIpc) is 3.07. The zero-order valence-electron chi connectivity index (χ0n) is 13.8. The zero-order chi connectivity index (χ0) is 18.3. The van der Waals surface area contributed by atoms with Gasteiger partial charge in [0.1, 0.15) is 5.82 Å². The Balaban J connectivity index is 1.80.